The van der Waals surface area contributed by atoms with Gasteiger partial charge >= 0.3 is 0 Å². The summed E-state index contributed by atoms with van der Waals surface area (Å²) in [4.78, 5) is 16.0. The molecule has 4 spiro atoms. The molecule has 13 aliphatic rings. The van der Waals surface area contributed by atoms with Crippen molar-refractivity contribution in [3.05, 3.63) is 0 Å². The minimum absolute atomic E-state index is 0. The molecule has 0 radical (unpaired) electrons. The summed E-state index contributed by atoms with van der Waals surface area (Å²) >= 11 is 0. The van der Waals surface area contributed by atoms with Crippen molar-refractivity contribution in [1.29, 1.82) is 0 Å². The molecule has 6 heteroatoms. The number of likely N-dealkylation sites (tertiary alicyclic amines) is 5. The third kappa shape index (κ3) is 22.6. The van der Waals surface area contributed by atoms with E-state index in [-0.39, 0.29) is 37.1 Å². The largest absolute Gasteiger partial charge is 0.301 e. The number of hydrogen-bond acceptors (Lipinski definition) is 6. The third-order valence-corrected chi connectivity index (χ3v) is 27.8. The zero-order valence-corrected chi connectivity index (χ0v) is 62.6. The number of piperidine rings is 4. The van der Waals surface area contributed by atoms with E-state index in [2.05, 4.69) is 196 Å². The lowest BCUT2D eigenvalue weighted by Crippen LogP contribution is -2.64. The Balaban J connectivity index is 0.000000368. The standard InChI is InChI=1S/C15H29N.C14H27N.3C13H25N.C12H23N.5CH4/c1-12(2)14-5-6-15(11-14)7-9-16(10-8-15)13(3)4;1-11(2)13-9-14(10-13)5-7-15(8-6-14)12(3)4;1-9(2)11-5-12-7-14(10(3)4)8-13(12)6-11;1-10(2)12-7-13(8-12)5-6-14(9-13)11(3)4;1-9(2)13-7-12-6-5-11(13)8-14(12)10(3)4;1-9(2)11-5-12(6-11)7-13(8-12)10(3)4;;;;;/h12-14H,5-11H2,1-4H3;11-13H,5-10H2,1-4H3;9-13H,5-8H2,1-4H3;10-12H,5-9H2,1-4H3;9-13H,5-8H2,1-4H3;9-11H,5-8H2,1-4H3;5*1H4. The van der Waals surface area contributed by atoms with Crippen molar-refractivity contribution in [1.82, 2.24) is 29.4 Å². The Kier molecular flexibility index (Phi) is 35.6. The van der Waals surface area contributed by atoms with Crippen LogP contribution in [0.3, 0.4) is 0 Å². The van der Waals surface area contributed by atoms with E-state index in [0.717, 1.165) is 153 Å². The van der Waals surface area contributed by atoms with Gasteiger partial charge in [-0.3, -0.25) is 9.80 Å². The highest BCUT2D eigenvalue weighted by atomic mass is 15.2. The summed E-state index contributed by atoms with van der Waals surface area (Å²) in [6.07, 6.45) is 28.4. The van der Waals surface area contributed by atoms with E-state index in [1.807, 2.05) is 0 Å². The van der Waals surface area contributed by atoms with Gasteiger partial charge in [0.25, 0.3) is 0 Å². The molecule has 0 aromatic heterocycles. The lowest BCUT2D eigenvalue weighted by atomic mass is 9.55. The highest BCUT2D eigenvalue weighted by molar-refractivity contribution is 5.06. The van der Waals surface area contributed by atoms with Crippen molar-refractivity contribution >= 4 is 0 Å². The zero-order chi connectivity index (χ0) is 63.4. The average Bonchev–Trinajstić information content (AvgIpc) is 1.64. The quantitative estimate of drug-likeness (QED) is 0.193. The molecule has 6 nitrogen and oxygen atoms in total. The Hall–Kier alpha value is -0.240. The van der Waals surface area contributed by atoms with Crippen LogP contribution in [0, 0.1) is 110 Å². The molecule has 7 aliphatic heterocycles. The number of hydrogen-bond donors (Lipinski definition) is 0. The van der Waals surface area contributed by atoms with Gasteiger partial charge in [0.2, 0.25) is 0 Å². The maximum absolute atomic E-state index is 2.74. The first-order valence-electron chi connectivity index (χ1n) is 38.7. The van der Waals surface area contributed by atoms with E-state index in [4.69, 9.17) is 0 Å². The first-order valence-corrected chi connectivity index (χ1v) is 38.7. The Bertz CT molecular complexity index is 1830. The van der Waals surface area contributed by atoms with Gasteiger partial charge in [-0.15, -0.1) is 0 Å². The van der Waals surface area contributed by atoms with E-state index in [1.54, 1.807) is 0 Å². The number of nitrogens with zero attached hydrogens (tertiary/aromatic N) is 6. The predicted octanol–water partition coefficient (Wildman–Crippen LogP) is 22.7. The summed E-state index contributed by atoms with van der Waals surface area (Å²) in [5, 5.41) is 0. The van der Waals surface area contributed by atoms with Crippen molar-refractivity contribution in [2.75, 3.05) is 72.0 Å². The third-order valence-electron chi connectivity index (χ3n) is 27.8. The van der Waals surface area contributed by atoms with Gasteiger partial charge in [-0.05, 0) is 348 Å². The van der Waals surface area contributed by atoms with E-state index in [9.17, 15) is 0 Å². The van der Waals surface area contributed by atoms with Gasteiger partial charge in [-0.25, -0.2) is 0 Å². The fourth-order valence-corrected chi connectivity index (χ4v) is 20.5. The first kappa shape index (κ1) is 86.8. The van der Waals surface area contributed by atoms with E-state index in [0.29, 0.717) is 0 Å². The molecule has 6 atom stereocenters. The monoisotopic (exact) mass is 1280 g/mol. The molecule has 13 rings (SSSR count). The molecule has 6 unspecified atom stereocenters. The minimum Gasteiger partial charge on any atom is -0.301 e. The molecule has 0 aromatic carbocycles. The summed E-state index contributed by atoms with van der Waals surface area (Å²) in [5.74, 6) is 14.7. The van der Waals surface area contributed by atoms with Crippen LogP contribution in [0.5, 0.6) is 0 Å². The van der Waals surface area contributed by atoms with Crippen molar-refractivity contribution in [3.63, 3.8) is 0 Å². The first-order chi connectivity index (χ1) is 40.3. The van der Waals surface area contributed by atoms with Crippen molar-refractivity contribution in [2.24, 2.45) is 110 Å². The lowest BCUT2D eigenvalue weighted by Gasteiger charge is -2.61. The van der Waals surface area contributed by atoms with Gasteiger partial charge in [-0.2, -0.15) is 0 Å². The Morgan fingerprint density at radius 3 is 0.956 bits per heavy atom. The number of rotatable bonds is 12. The summed E-state index contributed by atoms with van der Waals surface area (Å²) in [5.41, 5.74) is 3.05. The normalized spacial score (nSPS) is 31.3. The molecule has 7 heterocycles. The molecule has 6 saturated carbocycles. The molecule has 0 amide bonds. The van der Waals surface area contributed by atoms with E-state index in [1.165, 1.54) is 194 Å². The lowest BCUT2D eigenvalue weighted by molar-refractivity contribution is -0.117. The van der Waals surface area contributed by atoms with Crippen LogP contribution >= 0.6 is 0 Å². The van der Waals surface area contributed by atoms with Crippen LogP contribution in [-0.2, 0) is 0 Å². The summed E-state index contributed by atoms with van der Waals surface area (Å²) in [7, 11) is 0. The van der Waals surface area contributed by atoms with Crippen LogP contribution < -0.4 is 0 Å². The average molecular weight is 1280 g/mol. The SMILES string of the molecule is C.C.C.C.C.CC(C)C1CC2(C1)CN(C(C)C)C2.CC(C)C1CC2(CCN(C(C)C)C2)C1.CC(C)C1CC2(CCN(C(C)C)CC2)C1.CC(C)C1CC2CCC1CN2C(C)C.CC(C)C1CC2CN(C(C)C)CC2C1.CC(C)C1CCC2(CCN(C(C)C)CC2)C1. The van der Waals surface area contributed by atoms with Crippen molar-refractivity contribution in [2.45, 2.75) is 368 Å². The van der Waals surface area contributed by atoms with Gasteiger partial charge in [0.05, 0.1) is 0 Å². The van der Waals surface area contributed by atoms with Crippen LogP contribution in [0.15, 0.2) is 0 Å². The second-order valence-corrected chi connectivity index (χ2v) is 37.5. The van der Waals surface area contributed by atoms with Crippen molar-refractivity contribution < 1.29 is 0 Å². The highest BCUT2D eigenvalue weighted by Gasteiger charge is 2.54. The van der Waals surface area contributed by atoms with E-state index < -0.39 is 0 Å². The smallest absolute Gasteiger partial charge is 0.0101 e. The molecule has 2 bridgehead atoms. The summed E-state index contributed by atoms with van der Waals surface area (Å²) in [6, 6.07) is 5.46. The molecule has 544 valence electrons. The van der Waals surface area contributed by atoms with Gasteiger partial charge in [0, 0.05) is 81.6 Å². The van der Waals surface area contributed by atoms with Crippen LogP contribution in [0.4, 0.5) is 0 Å². The minimum atomic E-state index is 0. The molecule has 0 aromatic rings. The highest BCUT2D eigenvalue weighted by Crippen LogP contribution is 2.57. The van der Waals surface area contributed by atoms with E-state index >= 15 is 0 Å². The Morgan fingerprint density at radius 2 is 0.615 bits per heavy atom. The predicted molar refractivity (Wildman–Crippen MR) is 411 cm³/mol. The second-order valence-electron chi connectivity index (χ2n) is 37.5. The Morgan fingerprint density at radius 1 is 0.264 bits per heavy atom. The van der Waals surface area contributed by atoms with Crippen molar-refractivity contribution in [3.8, 4) is 0 Å². The Labute approximate surface area is 576 Å². The maximum atomic E-state index is 2.74. The topological polar surface area (TPSA) is 19.4 Å². The molecule has 13 fully saturated rings. The maximum Gasteiger partial charge on any atom is 0.0101 e. The fourth-order valence-electron chi connectivity index (χ4n) is 20.5. The molecular formula is C85H174N6. The molecule has 7 saturated heterocycles. The van der Waals surface area contributed by atoms with Crippen LogP contribution in [0.2, 0.25) is 0 Å². The number of fused-ring (bicyclic) bond motifs is 4. The summed E-state index contributed by atoms with van der Waals surface area (Å²) in [6.45, 7) is 71.7. The molecule has 91 heavy (non-hydrogen) atoms. The molecule has 0 N–H and O–H groups in total. The van der Waals surface area contributed by atoms with Crippen LogP contribution in [0.1, 0.15) is 325 Å². The summed E-state index contributed by atoms with van der Waals surface area (Å²) < 4.78 is 0. The fraction of sp³-hybridized carbons (Fsp3) is 1.00. The molecule has 6 aliphatic carbocycles. The van der Waals surface area contributed by atoms with Crippen LogP contribution in [-0.4, -0.2) is 144 Å². The van der Waals surface area contributed by atoms with Gasteiger partial charge in [0.15, 0.2) is 0 Å². The van der Waals surface area contributed by atoms with Gasteiger partial charge in [-0.1, -0.05) is 120 Å². The zero-order valence-electron chi connectivity index (χ0n) is 62.6. The second kappa shape index (κ2) is 37.3. The molecular weight excluding hydrogens is 1100 g/mol. The van der Waals surface area contributed by atoms with Gasteiger partial charge < -0.3 is 19.6 Å². The van der Waals surface area contributed by atoms with Crippen LogP contribution in [0.25, 0.3) is 0 Å². The van der Waals surface area contributed by atoms with Gasteiger partial charge in [0.1, 0.15) is 0 Å².